The monoisotopic (exact) mass is 330 g/mol. The highest BCUT2D eigenvalue weighted by Gasteiger charge is 2.17. The van der Waals surface area contributed by atoms with E-state index in [0.717, 1.165) is 16.9 Å². The first kappa shape index (κ1) is 17.6. The molecule has 2 aromatic rings. The zero-order valence-corrected chi connectivity index (χ0v) is 14.6. The molecule has 23 heavy (non-hydrogen) atoms. The van der Waals surface area contributed by atoms with E-state index < -0.39 is 0 Å². The van der Waals surface area contributed by atoms with Gasteiger partial charge in [-0.2, -0.15) is 0 Å². The van der Waals surface area contributed by atoms with Crippen molar-refractivity contribution >= 4 is 16.8 Å². The zero-order valence-electron chi connectivity index (χ0n) is 13.9. The van der Waals surface area contributed by atoms with Crippen molar-refractivity contribution in [1.82, 2.24) is 0 Å². The molecule has 2 rings (SSSR count). The molecule has 0 aliphatic carbocycles. The summed E-state index contributed by atoms with van der Waals surface area (Å²) in [5, 5.41) is -0.284. The molecule has 0 spiro atoms. The lowest BCUT2D eigenvalue weighted by Gasteiger charge is -2.14. The van der Waals surface area contributed by atoms with E-state index in [-0.39, 0.29) is 17.3 Å². The number of ether oxygens (including phenoxy) is 1. The molecule has 0 saturated carbocycles. The van der Waals surface area contributed by atoms with Gasteiger partial charge >= 0.3 is 0 Å². The van der Waals surface area contributed by atoms with Crippen molar-refractivity contribution in [3.05, 3.63) is 65.2 Å². The summed E-state index contributed by atoms with van der Waals surface area (Å²) in [6.45, 7) is 6.05. The standard InChI is InChI=1S/C20H23ClO2/c1-14(2)23-19-10-8-17(9-11-19)13-18(20(21)22)12-16-6-4-15(3)5-7-16/h4-11,14,18H,12-13H2,1-3H3. The molecule has 0 aromatic heterocycles. The van der Waals surface area contributed by atoms with E-state index in [1.54, 1.807) is 0 Å². The first-order valence-corrected chi connectivity index (χ1v) is 8.32. The van der Waals surface area contributed by atoms with Gasteiger partial charge in [-0.15, -0.1) is 0 Å². The lowest BCUT2D eigenvalue weighted by Crippen LogP contribution is -2.15. The summed E-state index contributed by atoms with van der Waals surface area (Å²) in [6.07, 6.45) is 1.45. The van der Waals surface area contributed by atoms with Crippen molar-refractivity contribution < 1.29 is 9.53 Å². The Bertz CT molecular complexity index is 630. The van der Waals surface area contributed by atoms with Crippen LogP contribution >= 0.6 is 11.6 Å². The molecule has 1 unspecified atom stereocenters. The molecule has 0 saturated heterocycles. The number of aryl methyl sites for hydroxylation is 1. The minimum atomic E-state index is -0.284. The lowest BCUT2D eigenvalue weighted by molar-refractivity contribution is -0.115. The van der Waals surface area contributed by atoms with Crippen molar-refractivity contribution in [3.8, 4) is 5.75 Å². The largest absolute Gasteiger partial charge is 0.491 e. The smallest absolute Gasteiger partial charge is 0.225 e. The molecule has 0 aliphatic rings. The van der Waals surface area contributed by atoms with Crippen LogP contribution in [0.1, 0.15) is 30.5 Å². The average Bonchev–Trinajstić information content (AvgIpc) is 2.50. The maximum atomic E-state index is 11.8. The molecule has 0 heterocycles. The van der Waals surface area contributed by atoms with Gasteiger partial charge < -0.3 is 4.74 Å². The van der Waals surface area contributed by atoms with Gasteiger partial charge in [-0.3, -0.25) is 4.79 Å². The second kappa shape index (κ2) is 8.16. The highest BCUT2D eigenvalue weighted by atomic mass is 35.5. The Morgan fingerprint density at radius 2 is 1.43 bits per heavy atom. The molecule has 0 radical (unpaired) electrons. The Hall–Kier alpha value is -1.80. The van der Waals surface area contributed by atoms with E-state index in [1.165, 1.54) is 5.56 Å². The molecule has 3 heteroatoms. The molecule has 0 fully saturated rings. The van der Waals surface area contributed by atoms with E-state index in [9.17, 15) is 4.79 Å². The maximum Gasteiger partial charge on any atom is 0.225 e. The van der Waals surface area contributed by atoms with Crippen LogP contribution in [0.5, 0.6) is 5.75 Å². The van der Waals surface area contributed by atoms with Gasteiger partial charge in [0.2, 0.25) is 5.24 Å². The van der Waals surface area contributed by atoms with Gasteiger partial charge in [-0.1, -0.05) is 42.0 Å². The quantitative estimate of drug-likeness (QED) is 0.671. The summed E-state index contributed by atoms with van der Waals surface area (Å²) in [7, 11) is 0. The highest BCUT2D eigenvalue weighted by Crippen LogP contribution is 2.20. The number of benzene rings is 2. The fourth-order valence-electron chi connectivity index (χ4n) is 2.50. The minimum Gasteiger partial charge on any atom is -0.491 e. The summed E-state index contributed by atoms with van der Waals surface area (Å²) in [6, 6.07) is 16.1. The SMILES string of the molecule is Cc1ccc(CC(Cc2ccc(OC(C)C)cc2)C(=O)Cl)cc1. The zero-order chi connectivity index (χ0) is 16.8. The van der Waals surface area contributed by atoms with Crippen LogP contribution in [-0.4, -0.2) is 11.3 Å². The molecular formula is C20H23ClO2. The second-order valence-electron chi connectivity index (χ2n) is 6.21. The van der Waals surface area contributed by atoms with Gasteiger partial charge in [-0.25, -0.2) is 0 Å². The fraction of sp³-hybridized carbons (Fsp3) is 0.350. The van der Waals surface area contributed by atoms with Gasteiger partial charge in [0.15, 0.2) is 0 Å². The lowest BCUT2D eigenvalue weighted by atomic mass is 9.93. The fourth-order valence-corrected chi connectivity index (χ4v) is 2.66. The molecule has 0 amide bonds. The normalized spacial score (nSPS) is 12.2. The number of carbonyl (C=O) groups excluding carboxylic acids is 1. The number of hydrogen-bond donors (Lipinski definition) is 0. The molecule has 0 N–H and O–H groups in total. The summed E-state index contributed by atoms with van der Waals surface area (Å²) >= 11 is 5.81. The maximum absolute atomic E-state index is 11.8. The van der Waals surface area contributed by atoms with Crippen LogP contribution in [-0.2, 0) is 17.6 Å². The van der Waals surface area contributed by atoms with Crippen LogP contribution in [0.4, 0.5) is 0 Å². The minimum absolute atomic E-state index is 0.152. The molecule has 1 atom stereocenters. The van der Waals surface area contributed by atoms with Crippen LogP contribution < -0.4 is 4.74 Å². The van der Waals surface area contributed by atoms with E-state index >= 15 is 0 Å². The Labute approximate surface area is 143 Å². The number of halogens is 1. The molecule has 2 nitrogen and oxygen atoms in total. The summed E-state index contributed by atoms with van der Waals surface area (Å²) in [4.78, 5) is 11.8. The third-order valence-corrected chi connectivity index (χ3v) is 4.01. The summed E-state index contributed by atoms with van der Waals surface area (Å²) < 4.78 is 5.64. The third kappa shape index (κ3) is 5.72. The number of rotatable bonds is 7. The molecule has 122 valence electrons. The number of carbonyl (C=O) groups is 1. The van der Waals surface area contributed by atoms with Gasteiger partial charge in [0.1, 0.15) is 5.75 Å². The van der Waals surface area contributed by atoms with E-state index in [0.29, 0.717) is 12.8 Å². The van der Waals surface area contributed by atoms with Crippen LogP contribution in [0.25, 0.3) is 0 Å². The second-order valence-corrected chi connectivity index (χ2v) is 6.58. The van der Waals surface area contributed by atoms with Crippen molar-refractivity contribution in [3.63, 3.8) is 0 Å². The topological polar surface area (TPSA) is 26.3 Å². The van der Waals surface area contributed by atoms with E-state index in [1.807, 2.05) is 38.1 Å². The van der Waals surface area contributed by atoms with Crippen LogP contribution in [0, 0.1) is 12.8 Å². The van der Waals surface area contributed by atoms with Gasteiger partial charge in [0, 0.05) is 5.92 Å². The Morgan fingerprint density at radius 1 is 0.957 bits per heavy atom. The van der Waals surface area contributed by atoms with Crippen LogP contribution in [0.3, 0.4) is 0 Å². The Morgan fingerprint density at radius 3 is 1.87 bits per heavy atom. The summed E-state index contributed by atoms with van der Waals surface area (Å²) in [5.41, 5.74) is 3.44. The predicted octanol–water partition coefficient (Wildman–Crippen LogP) is 4.95. The Balaban J connectivity index is 2.04. The average molecular weight is 331 g/mol. The Kier molecular flexibility index (Phi) is 6.23. The van der Waals surface area contributed by atoms with Crippen LogP contribution in [0.2, 0.25) is 0 Å². The van der Waals surface area contributed by atoms with Crippen molar-refractivity contribution in [2.45, 2.75) is 39.7 Å². The van der Waals surface area contributed by atoms with Crippen molar-refractivity contribution in [2.24, 2.45) is 5.92 Å². The molecular weight excluding hydrogens is 308 g/mol. The van der Waals surface area contributed by atoms with E-state index in [4.69, 9.17) is 16.3 Å². The first-order chi connectivity index (χ1) is 10.9. The van der Waals surface area contributed by atoms with Crippen LogP contribution in [0.15, 0.2) is 48.5 Å². The molecule has 0 bridgehead atoms. The summed E-state index contributed by atoms with van der Waals surface area (Å²) in [5.74, 6) is 0.632. The number of hydrogen-bond acceptors (Lipinski definition) is 2. The molecule has 0 aliphatic heterocycles. The highest BCUT2D eigenvalue weighted by molar-refractivity contribution is 6.64. The predicted molar refractivity (Wildman–Crippen MR) is 95.1 cm³/mol. The molecule has 2 aromatic carbocycles. The first-order valence-electron chi connectivity index (χ1n) is 7.94. The van der Waals surface area contributed by atoms with Gasteiger partial charge in [0.05, 0.1) is 6.10 Å². The third-order valence-electron chi connectivity index (χ3n) is 3.70. The van der Waals surface area contributed by atoms with E-state index in [2.05, 4.69) is 31.2 Å². The van der Waals surface area contributed by atoms with Crippen molar-refractivity contribution in [2.75, 3.05) is 0 Å². The van der Waals surface area contributed by atoms with Gasteiger partial charge in [-0.05, 0) is 68.5 Å². The van der Waals surface area contributed by atoms with Gasteiger partial charge in [0.25, 0.3) is 0 Å². The van der Waals surface area contributed by atoms with Crippen molar-refractivity contribution in [1.29, 1.82) is 0 Å².